The van der Waals surface area contributed by atoms with Gasteiger partial charge in [0.05, 0.1) is 22.9 Å². The lowest BCUT2D eigenvalue weighted by molar-refractivity contribution is -0.116. The first-order chi connectivity index (χ1) is 14.3. The van der Waals surface area contributed by atoms with Gasteiger partial charge in [0.15, 0.2) is 0 Å². The number of ether oxygens (including phenoxy) is 1. The molecule has 9 heteroatoms. The van der Waals surface area contributed by atoms with Crippen molar-refractivity contribution in [3.8, 4) is 5.75 Å². The maximum Gasteiger partial charge on any atom is 0.224 e. The first-order valence-electron chi connectivity index (χ1n) is 9.57. The Bertz CT molecular complexity index is 990. The molecule has 1 amide bonds. The van der Waals surface area contributed by atoms with E-state index in [1.165, 1.54) is 18.2 Å². The summed E-state index contributed by atoms with van der Waals surface area (Å²) < 4.78 is 47.9. The van der Waals surface area contributed by atoms with Crippen molar-refractivity contribution in [1.82, 2.24) is 0 Å². The van der Waals surface area contributed by atoms with Crippen LogP contribution in [0.4, 0.5) is 24.5 Å². The number of fused-ring (bicyclic) bond motifs is 1. The Kier molecular flexibility index (Phi) is 5.55. The van der Waals surface area contributed by atoms with Crippen LogP contribution in [0.25, 0.3) is 0 Å². The molecule has 4 rings (SSSR count). The minimum absolute atomic E-state index is 0.0575. The fourth-order valence-corrected chi connectivity index (χ4v) is 4.11. The average Bonchev–Trinajstić information content (AvgIpc) is 2.70. The molecule has 2 N–H and O–H groups in total. The topological polar surface area (TPSA) is 61.8 Å². The highest BCUT2D eigenvalue weighted by Crippen LogP contribution is 2.36. The number of aliphatic hydroxyl groups is 1. The lowest BCUT2D eigenvalue weighted by Crippen LogP contribution is -2.56. The zero-order valence-corrected chi connectivity index (χ0v) is 16.7. The molecule has 0 spiro atoms. The Hall–Kier alpha value is -2.45. The maximum atomic E-state index is 14.9. The minimum Gasteiger partial charge on any atom is -0.490 e. The van der Waals surface area contributed by atoms with E-state index < -0.39 is 23.4 Å². The Morgan fingerprint density at radius 2 is 2.07 bits per heavy atom. The van der Waals surface area contributed by atoms with Crippen LogP contribution < -0.4 is 15.0 Å². The van der Waals surface area contributed by atoms with Gasteiger partial charge in [-0.3, -0.25) is 4.79 Å². The van der Waals surface area contributed by atoms with Crippen LogP contribution >= 0.6 is 11.6 Å². The molecule has 2 unspecified atom stereocenters. The third-order valence-electron chi connectivity index (χ3n) is 5.59. The van der Waals surface area contributed by atoms with Gasteiger partial charge in [0.25, 0.3) is 0 Å². The second-order valence-electron chi connectivity index (χ2n) is 7.60. The molecule has 1 saturated heterocycles. The van der Waals surface area contributed by atoms with E-state index in [-0.39, 0.29) is 42.6 Å². The van der Waals surface area contributed by atoms with Crippen molar-refractivity contribution < 1.29 is 27.8 Å². The van der Waals surface area contributed by atoms with Crippen LogP contribution in [0.2, 0.25) is 5.02 Å². The standard InChI is InChI=1S/C21H20ClF3N2O3/c22-14-9-12(23)1-4-16(14)27-8-7-21(29,18(25)10-27)11-30-17-5-3-15(24)20-13(17)2-6-19(28)26-20/h1,3-5,9,18,29H,2,6-8,10-11H2,(H,26,28). The zero-order chi connectivity index (χ0) is 21.5. The van der Waals surface area contributed by atoms with E-state index in [1.807, 2.05) is 0 Å². The van der Waals surface area contributed by atoms with E-state index in [1.54, 1.807) is 4.90 Å². The summed E-state index contributed by atoms with van der Waals surface area (Å²) in [5.74, 6) is -1.04. The fraction of sp³-hybridized carbons (Fsp3) is 0.381. The first kappa shape index (κ1) is 20.8. The number of alkyl halides is 1. The molecule has 2 aromatic carbocycles. The van der Waals surface area contributed by atoms with Crippen LogP contribution in [0, 0.1) is 11.6 Å². The van der Waals surface area contributed by atoms with E-state index in [2.05, 4.69) is 5.32 Å². The van der Waals surface area contributed by atoms with E-state index in [0.717, 1.165) is 12.1 Å². The van der Waals surface area contributed by atoms with E-state index in [0.29, 0.717) is 30.0 Å². The van der Waals surface area contributed by atoms with Crippen molar-refractivity contribution in [2.24, 2.45) is 0 Å². The number of nitrogens with one attached hydrogen (secondary N) is 1. The minimum atomic E-state index is -1.75. The van der Waals surface area contributed by atoms with E-state index in [4.69, 9.17) is 16.3 Å². The highest BCUT2D eigenvalue weighted by Gasteiger charge is 2.43. The lowest BCUT2D eigenvalue weighted by Gasteiger charge is -2.41. The van der Waals surface area contributed by atoms with Gasteiger partial charge >= 0.3 is 0 Å². The Balaban J connectivity index is 1.46. The summed E-state index contributed by atoms with van der Waals surface area (Å²) >= 11 is 6.06. The van der Waals surface area contributed by atoms with Crippen molar-refractivity contribution >= 4 is 28.9 Å². The lowest BCUT2D eigenvalue weighted by atomic mass is 9.90. The van der Waals surface area contributed by atoms with Gasteiger partial charge in [-0.2, -0.15) is 0 Å². The Morgan fingerprint density at radius 3 is 2.80 bits per heavy atom. The maximum absolute atomic E-state index is 14.9. The van der Waals surface area contributed by atoms with Crippen LogP contribution in [0.5, 0.6) is 5.75 Å². The number of amides is 1. The van der Waals surface area contributed by atoms with Gasteiger partial charge < -0.3 is 20.1 Å². The molecule has 2 aliphatic rings. The Labute approximate surface area is 176 Å². The quantitative estimate of drug-likeness (QED) is 0.758. The summed E-state index contributed by atoms with van der Waals surface area (Å²) in [6.07, 6.45) is -1.11. The molecule has 1 fully saturated rings. The Morgan fingerprint density at radius 1 is 1.27 bits per heavy atom. The highest BCUT2D eigenvalue weighted by molar-refractivity contribution is 6.33. The third kappa shape index (κ3) is 3.94. The molecule has 2 aliphatic heterocycles. The monoisotopic (exact) mass is 440 g/mol. The number of hydrogen-bond donors (Lipinski definition) is 2. The summed E-state index contributed by atoms with van der Waals surface area (Å²) in [6, 6.07) is 6.45. The number of halogens is 4. The van der Waals surface area contributed by atoms with Crippen molar-refractivity contribution in [3.05, 3.63) is 52.6 Å². The molecule has 0 saturated carbocycles. The molecule has 160 valence electrons. The van der Waals surface area contributed by atoms with Crippen LogP contribution in [0.15, 0.2) is 30.3 Å². The molecule has 0 aliphatic carbocycles. The SMILES string of the molecule is O=C1CCc2c(OCC3(O)CCN(c4ccc(F)cc4Cl)CC3F)ccc(F)c2N1. The van der Waals surface area contributed by atoms with Gasteiger partial charge in [0.1, 0.15) is 35.8 Å². The molecule has 2 heterocycles. The number of benzene rings is 2. The van der Waals surface area contributed by atoms with Gasteiger partial charge in [0.2, 0.25) is 5.91 Å². The normalized spacial score (nSPS) is 23.7. The second-order valence-corrected chi connectivity index (χ2v) is 8.01. The average molecular weight is 441 g/mol. The van der Waals surface area contributed by atoms with Crippen molar-refractivity contribution in [3.63, 3.8) is 0 Å². The summed E-state index contributed by atoms with van der Waals surface area (Å²) in [4.78, 5) is 13.2. The predicted molar refractivity (Wildman–Crippen MR) is 107 cm³/mol. The molecule has 2 atom stereocenters. The summed E-state index contributed by atoms with van der Waals surface area (Å²) in [5.41, 5.74) is -0.702. The highest BCUT2D eigenvalue weighted by atomic mass is 35.5. The van der Waals surface area contributed by atoms with Gasteiger partial charge in [-0.1, -0.05) is 11.6 Å². The van der Waals surface area contributed by atoms with Crippen LogP contribution in [-0.2, 0) is 11.2 Å². The molecular formula is C21H20ClF3N2O3. The first-order valence-corrected chi connectivity index (χ1v) is 9.95. The predicted octanol–water partition coefficient (Wildman–Crippen LogP) is 3.86. The van der Waals surface area contributed by atoms with E-state index in [9.17, 15) is 23.1 Å². The third-order valence-corrected chi connectivity index (χ3v) is 5.89. The largest absolute Gasteiger partial charge is 0.490 e. The number of carbonyl (C=O) groups excluding carboxylic acids is 1. The van der Waals surface area contributed by atoms with Crippen molar-refractivity contribution in [2.45, 2.75) is 31.0 Å². The van der Waals surface area contributed by atoms with Crippen LogP contribution in [0.3, 0.4) is 0 Å². The molecular weight excluding hydrogens is 421 g/mol. The van der Waals surface area contributed by atoms with Crippen molar-refractivity contribution in [1.29, 1.82) is 0 Å². The van der Waals surface area contributed by atoms with Crippen LogP contribution in [0.1, 0.15) is 18.4 Å². The molecule has 0 bridgehead atoms. The van der Waals surface area contributed by atoms with Gasteiger partial charge in [-0.15, -0.1) is 0 Å². The molecule has 0 radical (unpaired) electrons. The summed E-state index contributed by atoms with van der Waals surface area (Å²) in [6.45, 7) is -0.169. The second kappa shape index (κ2) is 8.00. The number of rotatable bonds is 4. The molecule has 0 aromatic heterocycles. The fourth-order valence-electron chi connectivity index (χ4n) is 3.82. The number of piperidine rings is 1. The molecule has 30 heavy (non-hydrogen) atoms. The zero-order valence-electron chi connectivity index (χ0n) is 15.9. The molecule has 2 aromatic rings. The van der Waals surface area contributed by atoms with Gasteiger partial charge in [-0.25, -0.2) is 13.2 Å². The smallest absolute Gasteiger partial charge is 0.224 e. The summed E-state index contributed by atoms with van der Waals surface area (Å²) in [7, 11) is 0. The number of hydrogen-bond acceptors (Lipinski definition) is 4. The number of nitrogens with zero attached hydrogens (tertiary/aromatic N) is 1. The van der Waals surface area contributed by atoms with Gasteiger partial charge in [0, 0.05) is 18.5 Å². The van der Waals surface area contributed by atoms with Gasteiger partial charge in [-0.05, 0) is 43.2 Å². The number of carbonyl (C=O) groups is 1. The van der Waals surface area contributed by atoms with Crippen molar-refractivity contribution in [2.75, 3.05) is 29.9 Å². The number of anilines is 2. The van der Waals surface area contributed by atoms with E-state index >= 15 is 0 Å². The van der Waals surface area contributed by atoms with Crippen LogP contribution in [-0.4, -0.2) is 42.5 Å². The molecule has 5 nitrogen and oxygen atoms in total. The summed E-state index contributed by atoms with van der Waals surface area (Å²) in [5, 5.41) is 13.5.